The Kier molecular flexibility index (Phi) is 2.36. The molecule has 4 aromatic rings. The Morgan fingerprint density at radius 1 is 0.950 bits per heavy atom. The first-order chi connectivity index (χ1) is 9.83. The molecule has 2 nitrogen and oxygen atoms in total. The monoisotopic (exact) mass is 258 g/mol. The SMILES string of the molecule is Cc1ccc2[nH]c3nccc(-c4ccccc4)c3c2c1. The zero-order chi connectivity index (χ0) is 13.5. The number of fused-ring (bicyclic) bond motifs is 3. The summed E-state index contributed by atoms with van der Waals surface area (Å²) in [6.07, 6.45) is 1.87. The van der Waals surface area contributed by atoms with E-state index in [1.165, 1.54) is 27.5 Å². The summed E-state index contributed by atoms with van der Waals surface area (Å²) in [5.41, 5.74) is 5.81. The van der Waals surface area contributed by atoms with Gasteiger partial charge in [0, 0.05) is 22.5 Å². The van der Waals surface area contributed by atoms with Gasteiger partial charge in [-0.25, -0.2) is 4.98 Å². The molecule has 0 aliphatic carbocycles. The minimum Gasteiger partial charge on any atom is -0.339 e. The maximum Gasteiger partial charge on any atom is 0.138 e. The number of rotatable bonds is 1. The predicted octanol–water partition coefficient (Wildman–Crippen LogP) is 4.69. The number of aromatic nitrogens is 2. The van der Waals surface area contributed by atoms with Gasteiger partial charge in [0.2, 0.25) is 0 Å². The molecule has 0 unspecified atom stereocenters. The predicted molar refractivity (Wildman–Crippen MR) is 83.8 cm³/mol. The molecule has 0 amide bonds. The average Bonchev–Trinajstić information content (AvgIpc) is 2.86. The Labute approximate surface area is 117 Å². The summed E-state index contributed by atoms with van der Waals surface area (Å²) < 4.78 is 0. The van der Waals surface area contributed by atoms with Crippen LogP contribution in [-0.4, -0.2) is 9.97 Å². The van der Waals surface area contributed by atoms with Crippen LogP contribution in [0.15, 0.2) is 60.8 Å². The maximum absolute atomic E-state index is 4.48. The Bertz CT molecular complexity index is 905. The molecule has 0 spiro atoms. The van der Waals surface area contributed by atoms with Crippen LogP contribution in [0.5, 0.6) is 0 Å². The number of hydrogen-bond acceptors (Lipinski definition) is 1. The van der Waals surface area contributed by atoms with Gasteiger partial charge in [-0.3, -0.25) is 0 Å². The zero-order valence-corrected chi connectivity index (χ0v) is 11.2. The molecule has 2 aromatic carbocycles. The van der Waals surface area contributed by atoms with Gasteiger partial charge in [0.15, 0.2) is 0 Å². The molecule has 0 aliphatic rings. The number of benzene rings is 2. The quantitative estimate of drug-likeness (QED) is 0.527. The lowest BCUT2D eigenvalue weighted by Crippen LogP contribution is -1.82. The third kappa shape index (κ3) is 1.62. The van der Waals surface area contributed by atoms with Crippen LogP contribution in [0.2, 0.25) is 0 Å². The number of aryl methyl sites for hydroxylation is 1. The van der Waals surface area contributed by atoms with Gasteiger partial charge in [0.25, 0.3) is 0 Å². The van der Waals surface area contributed by atoms with E-state index < -0.39 is 0 Å². The van der Waals surface area contributed by atoms with Crippen molar-refractivity contribution in [3.63, 3.8) is 0 Å². The van der Waals surface area contributed by atoms with Crippen molar-refractivity contribution < 1.29 is 0 Å². The summed E-state index contributed by atoms with van der Waals surface area (Å²) in [6, 6.07) is 19.0. The highest BCUT2D eigenvalue weighted by atomic mass is 14.8. The molecule has 96 valence electrons. The smallest absolute Gasteiger partial charge is 0.138 e. The second kappa shape index (κ2) is 4.20. The fraction of sp³-hybridized carbons (Fsp3) is 0.0556. The van der Waals surface area contributed by atoms with E-state index in [4.69, 9.17) is 0 Å². The fourth-order valence-corrected chi connectivity index (χ4v) is 2.79. The molecule has 0 radical (unpaired) electrons. The van der Waals surface area contributed by atoms with E-state index in [1.54, 1.807) is 0 Å². The van der Waals surface area contributed by atoms with Crippen LogP contribution in [0.3, 0.4) is 0 Å². The summed E-state index contributed by atoms with van der Waals surface area (Å²) in [4.78, 5) is 7.88. The van der Waals surface area contributed by atoms with Crippen LogP contribution in [0.1, 0.15) is 5.56 Å². The molecule has 0 atom stereocenters. The molecular formula is C18H14N2. The molecule has 20 heavy (non-hydrogen) atoms. The summed E-state index contributed by atoms with van der Waals surface area (Å²) in [7, 11) is 0. The molecule has 2 heterocycles. The van der Waals surface area contributed by atoms with Crippen LogP contribution in [-0.2, 0) is 0 Å². The first-order valence-corrected chi connectivity index (χ1v) is 6.75. The van der Waals surface area contributed by atoms with Gasteiger partial charge in [0.1, 0.15) is 5.65 Å². The number of pyridine rings is 1. The van der Waals surface area contributed by atoms with Crippen LogP contribution in [0, 0.1) is 6.92 Å². The fourth-order valence-electron chi connectivity index (χ4n) is 2.79. The number of hydrogen-bond donors (Lipinski definition) is 1. The van der Waals surface area contributed by atoms with Gasteiger partial charge < -0.3 is 4.98 Å². The molecule has 0 fully saturated rings. The van der Waals surface area contributed by atoms with E-state index in [9.17, 15) is 0 Å². The van der Waals surface area contributed by atoms with E-state index in [0.29, 0.717) is 0 Å². The molecule has 1 N–H and O–H groups in total. The van der Waals surface area contributed by atoms with Crippen molar-refractivity contribution in [1.82, 2.24) is 9.97 Å². The van der Waals surface area contributed by atoms with Gasteiger partial charge >= 0.3 is 0 Å². The number of H-pyrrole nitrogens is 1. The molecule has 0 saturated carbocycles. The van der Waals surface area contributed by atoms with E-state index >= 15 is 0 Å². The Balaban J connectivity index is 2.16. The van der Waals surface area contributed by atoms with Gasteiger partial charge in [-0.05, 0) is 36.2 Å². The van der Waals surface area contributed by atoms with E-state index in [-0.39, 0.29) is 0 Å². The largest absolute Gasteiger partial charge is 0.339 e. The van der Waals surface area contributed by atoms with Crippen LogP contribution < -0.4 is 0 Å². The number of aromatic amines is 1. The van der Waals surface area contributed by atoms with E-state index in [2.05, 4.69) is 65.4 Å². The highest BCUT2D eigenvalue weighted by Gasteiger charge is 2.10. The first-order valence-electron chi connectivity index (χ1n) is 6.75. The highest BCUT2D eigenvalue weighted by Crippen LogP contribution is 2.33. The normalized spacial score (nSPS) is 11.2. The van der Waals surface area contributed by atoms with Crippen molar-refractivity contribution in [2.75, 3.05) is 0 Å². The minimum absolute atomic E-state index is 0.951. The second-order valence-corrected chi connectivity index (χ2v) is 5.12. The Morgan fingerprint density at radius 2 is 1.80 bits per heavy atom. The molecule has 4 rings (SSSR count). The third-order valence-electron chi connectivity index (χ3n) is 3.73. The van der Waals surface area contributed by atoms with Gasteiger partial charge in [0.05, 0.1) is 0 Å². The van der Waals surface area contributed by atoms with Gasteiger partial charge in [-0.1, -0.05) is 42.0 Å². The van der Waals surface area contributed by atoms with Crippen molar-refractivity contribution in [2.24, 2.45) is 0 Å². The zero-order valence-electron chi connectivity index (χ0n) is 11.2. The third-order valence-corrected chi connectivity index (χ3v) is 3.73. The lowest BCUT2D eigenvalue weighted by Gasteiger charge is -2.03. The molecule has 0 bridgehead atoms. The van der Waals surface area contributed by atoms with Gasteiger partial charge in [-0.2, -0.15) is 0 Å². The molecular weight excluding hydrogens is 244 g/mol. The van der Waals surface area contributed by atoms with Crippen molar-refractivity contribution in [1.29, 1.82) is 0 Å². The molecule has 0 saturated heterocycles. The van der Waals surface area contributed by atoms with Crippen molar-refractivity contribution in [3.8, 4) is 11.1 Å². The van der Waals surface area contributed by atoms with Gasteiger partial charge in [-0.15, -0.1) is 0 Å². The van der Waals surface area contributed by atoms with Crippen LogP contribution in [0.4, 0.5) is 0 Å². The van der Waals surface area contributed by atoms with E-state index in [1.807, 2.05) is 12.3 Å². The molecule has 0 aliphatic heterocycles. The second-order valence-electron chi connectivity index (χ2n) is 5.12. The summed E-state index contributed by atoms with van der Waals surface area (Å²) in [5.74, 6) is 0. The average molecular weight is 258 g/mol. The van der Waals surface area contributed by atoms with Crippen molar-refractivity contribution in [3.05, 3.63) is 66.4 Å². The first kappa shape index (κ1) is 11.2. The van der Waals surface area contributed by atoms with Crippen molar-refractivity contribution >= 4 is 21.9 Å². The van der Waals surface area contributed by atoms with Crippen LogP contribution >= 0.6 is 0 Å². The van der Waals surface area contributed by atoms with E-state index in [0.717, 1.165) is 11.2 Å². The van der Waals surface area contributed by atoms with Crippen LogP contribution in [0.25, 0.3) is 33.1 Å². The highest BCUT2D eigenvalue weighted by molar-refractivity contribution is 6.13. The number of nitrogens with one attached hydrogen (secondary N) is 1. The van der Waals surface area contributed by atoms with Crippen molar-refractivity contribution in [2.45, 2.75) is 6.92 Å². The Morgan fingerprint density at radius 3 is 2.65 bits per heavy atom. The minimum atomic E-state index is 0.951. The summed E-state index contributed by atoms with van der Waals surface area (Å²) in [6.45, 7) is 2.12. The lowest BCUT2D eigenvalue weighted by atomic mass is 10.0. The molecule has 2 heteroatoms. The molecule has 2 aromatic heterocycles. The maximum atomic E-state index is 4.48. The number of nitrogens with zero attached hydrogens (tertiary/aromatic N) is 1. The standard InChI is InChI=1S/C18H14N2/c1-12-7-8-16-15(11-12)17-14(9-10-19-18(17)20-16)13-5-3-2-4-6-13/h2-11H,1H3,(H,19,20). The lowest BCUT2D eigenvalue weighted by molar-refractivity contribution is 1.35. The summed E-state index contributed by atoms with van der Waals surface area (Å²) in [5, 5.41) is 2.45. The Hall–Kier alpha value is -2.61. The topological polar surface area (TPSA) is 28.7 Å². The summed E-state index contributed by atoms with van der Waals surface area (Å²) >= 11 is 0.